The predicted octanol–water partition coefficient (Wildman–Crippen LogP) is 2.71. The smallest absolute Gasteiger partial charge is 0.404 e. The molecule has 1 aromatic heterocycles. The van der Waals surface area contributed by atoms with E-state index in [-0.39, 0.29) is 58.6 Å². The van der Waals surface area contributed by atoms with Crippen LogP contribution in [0.15, 0.2) is 23.2 Å². The van der Waals surface area contributed by atoms with Crippen LogP contribution in [0.2, 0.25) is 10.0 Å². The van der Waals surface area contributed by atoms with Gasteiger partial charge in [-0.3, -0.25) is 0 Å². The lowest BCUT2D eigenvalue weighted by molar-refractivity contribution is 0.150. The SMILES string of the molecule is CC(C)c1nc(CCO)n(CCOC(N)=O)c1S(=O)(=O)Oc1cc(Cl)cc(Cl)c1. The fourth-order valence-corrected chi connectivity index (χ4v) is 4.58. The Balaban J connectivity index is 2.54. The van der Waals surface area contributed by atoms with Crippen molar-refractivity contribution < 1.29 is 27.2 Å². The fraction of sp³-hybridized carbons (Fsp3) is 0.412. The summed E-state index contributed by atoms with van der Waals surface area (Å²) in [7, 11) is -4.37. The van der Waals surface area contributed by atoms with Gasteiger partial charge in [0.15, 0.2) is 5.03 Å². The Labute approximate surface area is 178 Å². The summed E-state index contributed by atoms with van der Waals surface area (Å²) in [6.45, 7) is 3.05. The van der Waals surface area contributed by atoms with Crippen molar-refractivity contribution in [2.45, 2.75) is 37.8 Å². The van der Waals surface area contributed by atoms with Crippen molar-refractivity contribution in [1.82, 2.24) is 9.55 Å². The van der Waals surface area contributed by atoms with E-state index in [9.17, 15) is 18.3 Å². The zero-order valence-electron chi connectivity index (χ0n) is 15.8. The molecule has 12 heteroatoms. The van der Waals surface area contributed by atoms with Crippen LogP contribution >= 0.6 is 23.2 Å². The summed E-state index contributed by atoms with van der Waals surface area (Å²) in [5, 5.41) is 9.53. The van der Waals surface area contributed by atoms with Gasteiger partial charge >= 0.3 is 16.2 Å². The van der Waals surface area contributed by atoms with E-state index < -0.39 is 16.2 Å². The van der Waals surface area contributed by atoms with Crippen molar-refractivity contribution in [3.05, 3.63) is 39.8 Å². The number of hydrogen-bond donors (Lipinski definition) is 2. The maximum absolute atomic E-state index is 13.1. The van der Waals surface area contributed by atoms with Gasteiger partial charge in [0.1, 0.15) is 18.2 Å². The number of primary amides is 1. The Morgan fingerprint density at radius 3 is 2.41 bits per heavy atom. The number of hydrogen-bond acceptors (Lipinski definition) is 7. The van der Waals surface area contributed by atoms with Crippen molar-refractivity contribution in [2.24, 2.45) is 5.73 Å². The Morgan fingerprint density at radius 2 is 1.90 bits per heavy atom. The largest absolute Gasteiger partial charge is 0.448 e. The normalized spacial score (nSPS) is 11.7. The summed E-state index contributed by atoms with van der Waals surface area (Å²) in [4.78, 5) is 15.2. The van der Waals surface area contributed by atoms with Crippen LogP contribution in [-0.2, 0) is 27.8 Å². The van der Waals surface area contributed by atoms with Gasteiger partial charge in [0.05, 0.1) is 18.8 Å². The first kappa shape index (κ1) is 23.3. The van der Waals surface area contributed by atoms with E-state index in [4.69, 9.17) is 37.9 Å². The average Bonchev–Trinajstić information content (AvgIpc) is 2.93. The van der Waals surface area contributed by atoms with Crippen LogP contribution < -0.4 is 9.92 Å². The molecule has 0 atom stereocenters. The second-order valence-corrected chi connectivity index (χ2v) is 8.64. The number of rotatable bonds is 9. The number of ether oxygens (including phenoxy) is 1. The van der Waals surface area contributed by atoms with Crippen molar-refractivity contribution >= 4 is 39.4 Å². The molecule has 0 aliphatic carbocycles. The van der Waals surface area contributed by atoms with Crippen molar-refractivity contribution in [3.8, 4) is 5.75 Å². The molecule has 3 N–H and O–H groups in total. The van der Waals surface area contributed by atoms with Crippen LogP contribution in [0, 0.1) is 0 Å². The second-order valence-electron chi connectivity index (χ2n) is 6.31. The monoisotopic (exact) mass is 465 g/mol. The van der Waals surface area contributed by atoms with E-state index in [1.54, 1.807) is 13.8 Å². The highest BCUT2D eigenvalue weighted by Crippen LogP contribution is 2.30. The maximum atomic E-state index is 13.1. The number of carbonyl (C=O) groups excluding carboxylic acids is 1. The molecule has 29 heavy (non-hydrogen) atoms. The maximum Gasteiger partial charge on any atom is 0.404 e. The minimum absolute atomic E-state index is 0.0494. The Hall–Kier alpha value is -2.01. The highest BCUT2D eigenvalue weighted by Gasteiger charge is 2.31. The van der Waals surface area contributed by atoms with Crippen LogP contribution in [-0.4, -0.2) is 42.4 Å². The van der Waals surface area contributed by atoms with Gasteiger partial charge in [-0.25, -0.2) is 9.78 Å². The van der Waals surface area contributed by atoms with E-state index in [2.05, 4.69) is 4.98 Å². The van der Waals surface area contributed by atoms with Gasteiger partial charge in [-0.2, -0.15) is 8.42 Å². The van der Waals surface area contributed by atoms with Gasteiger partial charge in [-0.05, 0) is 12.0 Å². The van der Waals surface area contributed by atoms with Crippen molar-refractivity contribution in [3.63, 3.8) is 0 Å². The average molecular weight is 466 g/mol. The number of amides is 1. The molecule has 0 bridgehead atoms. The van der Waals surface area contributed by atoms with Gasteiger partial charge < -0.3 is 24.3 Å². The zero-order valence-corrected chi connectivity index (χ0v) is 18.1. The molecule has 0 fully saturated rings. The molecule has 2 rings (SSSR count). The van der Waals surface area contributed by atoms with E-state index in [0.717, 1.165) is 0 Å². The summed E-state index contributed by atoms with van der Waals surface area (Å²) in [6.07, 6.45) is -0.901. The van der Waals surface area contributed by atoms with Gasteiger partial charge in [0, 0.05) is 28.6 Å². The number of carbonyl (C=O) groups is 1. The first-order valence-electron chi connectivity index (χ1n) is 8.58. The summed E-state index contributed by atoms with van der Waals surface area (Å²) < 4.78 is 37.5. The quantitative estimate of drug-likeness (QED) is 0.543. The summed E-state index contributed by atoms with van der Waals surface area (Å²) in [6, 6.07) is 4.06. The van der Waals surface area contributed by atoms with Crippen LogP contribution in [0.5, 0.6) is 5.75 Å². The highest BCUT2D eigenvalue weighted by molar-refractivity contribution is 7.87. The lowest BCUT2D eigenvalue weighted by atomic mass is 10.1. The Morgan fingerprint density at radius 1 is 1.28 bits per heavy atom. The van der Waals surface area contributed by atoms with Crippen molar-refractivity contribution in [2.75, 3.05) is 13.2 Å². The standard InChI is InChI=1S/C17H21Cl2N3O6S/c1-10(2)15-16(22(4-6-27-17(20)24)14(21-15)3-5-23)29(25,26)28-13-8-11(18)7-12(19)9-13/h7-10,23H,3-6H2,1-2H3,(H2,20,24). The third kappa shape index (κ3) is 5.99. The lowest BCUT2D eigenvalue weighted by Crippen LogP contribution is -2.22. The van der Waals surface area contributed by atoms with Gasteiger partial charge in [0.25, 0.3) is 0 Å². The van der Waals surface area contributed by atoms with Gasteiger partial charge in [-0.1, -0.05) is 37.0 Å². The highest BCUT2D eigenvalue weighted by atomic mass is 35.5. The minimum atomic E-state index is -4.37. The lowest BCUT2D eigenvalue weighted by Gasteiger charge is -2.14. The van der Waals surface area contributed by atoms with Crippen LogP contribution in [0.4, 0.5) is 4.79 Å². The molecule has 160 valence electrons. The topological polar surface area (TPSA) is 134 Å². The number of aliphatic hydroxyl groups excluding tert-OH is 1. The van der Waals surface area contributed by atoms with Crippen LogP contribution in [0.3, 0.4) is 0 Å². The fourth-order valence-electron chi connectivity index (χ4n) is 2.64. The third-order valence-electron chi connectivity index (χ3n) is 3.75. The van der Waals surface area contributed by atoms with E-state index in [0.29, 0.717) is 5.82 Å². The molecule has 0 spiro atoms. The zero-order chi connectivity index (χ0) is 21.8. The summed E-state index contributed by atoms with van der Waals surface area (Å²) >= 11 is 11.8. The minimum Gasteiger partial charge on any atom is -0.448 e. The molecule has 0 radical (unpaired) electrons. The molecule has 2 aromatic rings. The Kier molecular flexibility index (Phi) is 7.75. The molecular formula is C17H21Cl2N3O6S. The number of benzene rings is 1. The van der Waals surface area contributed by atoms with Gasteiger partial charge in [-0.15, -0.1) is 0 Å². The predicted molar refractivity (Wildman–Crippen MR) is 107 cm³/mol. The van der Waals surface area contributed by atoms with E-state index in [1.165, 1.54) is 22.8 Å². The van der Waals surface area contributed by atoms with Gasteiger partial charge in [0.2, 0.25) is 0 Å². The number of imidazole rings is 1. The number of nitrogens with two attached hydrogens (primary N) is 1. The third-order valence-corrected chi connectivity index (χ3v) is 5.50. The molecule has 0 aliphatic heterocycles. The Bertz CT molecular complexity index is 971. The number of nitrogens with zero attached hydrogens (tertiary/aromatic N) is 2. The molecule has 0 saturated carbocycles. The number of halogens is 2. The molecule has 1 heterocycles. The number of aromatic nitrogens is 2. The molecule has 1 aromatic carbocycles. The molecule has 0 unspecified atom stereocenters. The summed E-state index contributed by atoms with van der Waals surface area (Å²) in [5.41, 5.74) is 5.22. The number of aliphatic hydroxyl groups is 1. The van der Waals surface area contributed by atoms with E-state index >= 15 is 0 Å². The first-order valence-corrected chi connectivity index (χ1v) is 10.7. The molecule has 0 aliphatic rings. The molecule has 0 saturated heterocycles. The molecule has 9 nitrogen and oxygen atoms in total. The van der Waals surface area contributed by atoms with Crippen LogP contribution in [0.25, 0.3) is 0 Å². The second kappa shape index (κ2) is 9.66. The van der Waals surface area contributed by atoms with Crippen LogP contribution in [0.1, 0.15) is 31.3 Å². The molecular weight excluding hydrogens is 445 g/mol. The summed E-state index contributed by atoms with van der Waals surface area (Å²) in [5.74, 6) is -0.0419. The molecule has 1 amide bonds. The van der Waals surface area contributed by atoms with Crippen molar-refractivity contribution in [1.29, 1.82) is 0 Å². The van der Waals surface area contributed by atoms with E-state index in [1.807, 2.05) is 0 Å². The first-order chi connectivity index (χ1) is 13.5.